The van der Waals surface area contributed by atoms with Crippen LogP contribution in [-0.2, 0) is 9.59 Å². The maximum Gasteiger partial charge on any atom is 0.332 e. The van der Waals surface area contributed by atoms with Gasteiger partial charge in [0.25, 0.3) is 0 Å². The molecular weight excluding hydrogens is 224 g/mol. The molecule has 6 nitrogen and oxygen atoms in total. The molecule has 0 aromatic carbocycles. The van der Waals surface area contributed by atoms with Crippen molar-refractivity contribution in [2.45, 2.75) is 45.3 Å². The Labute approximate surface area is 101 Å². The lowest BCUT2D eigenvalue weighted by molar-refractivity contribution is -0.147. The third-order valence-electron chi connectivity index (χ3n) is 2.03. The molecule has 0 spiro atoms. The summed E-state index contributed by atoms with van der Waals surface area (Å²) < 4.78 is 0. The Bertz CT molecular complexity index is 261. The first kappa shape index (κ1) is 15.9. The molecule has 0 heterocycles. The van der Waals surface area contributed by atoms with Crippen molar-refractivity contribution in [2.75, 3.05) is 13.1 Å². The molecule has 0 saturated heterocycles. The summed E-state index contributed by atoms with van der Waals surface area (Å²) in [5, 5.41) is 23.1. The summed E-state index contributed by atoms with van der Waals surface area (Å²) in [7, 11) is 0. The molecule has 0 aliphatic heterocycles. The van der Waals surface area contributed by atoms with E-state index >= 15 is 0 Å². The van der Waals surface area contributed by atoms with E-state index in [1.54, 1.807) is 0 Å². The lowest BCUT2D eigenvalue weighted by Gasteiger charge is -2.20. The first-order valence-electron chi connectivity index (χ1n) is 5.65. The third-order valence-corrected chi connectivity index (χ3v) is 2.03. The number of aliphatic hydroxyl groups is 1. The van der Waals surface area contributed by atoms with Crippen LogP contribution in [0, 0.1) is 0 Å². The standard InChI is InChI=1S/C11H22N2O4/c1-11(2,3)13-7-5-9(15)12-6-4-8(14)10(16)17/h8,13-14H,4-7H2,1-3H3,(H,12,15)(H,16,17). The van der Waals surface area contributed by atoms with Crippen molar-refractivity contribution in [2.24, 2.45) is 0 Å². The van der Waals surface area contributed by atoms with Gasteiger partial charge in [-0.05, 0) is 20.8 Å². The van der Waals surface area contributed by atoms with E-state index in [4.69, 9.17) is 10.2 Å². The summed E-state index contributed by atoms with van der Waals surface area (Å²) in [6, 6.07) is 0. The number of rotatable bonds is 7. The van der Waals surface area contributed by atoms with Crippen LogP contribution >= 0.6 is 0 Å². The lowest BCUT2D eigenvalue weighted by atomic mass is 10.1. The van der Waals surface area contributed by atoms with Gasteiger partial charge in [0.2, 0.25) is 5.91 Å². The number of carbonyl (C=O) groups excluding carboxylic acids is 1. The summed E-state index contributed by atoms with van der Waals surface area (Å²) >= 11 is 0. The first-order chi connectivity index (χ1) is 7.72. The van der Waals surface area contributed by atoms with Crippen LogP contribution < -0.4 is 10.6 Å². The van der Waals surface area contributed by atoms with E-state index in [1.165, 1.54) is 0 Å². The zero-order valence-electron chi connectivity index (χ0n) is 10.6. The topological polar surface area (TPSA) is 98.7 Å². The Morgan fingerprint density at radius 1 is 1.24 bits per heavy atom. The van der Waals surface area contributed by atoms with E-state index in [2.05, 4.69) is 10.6 Å². The molecule has 6 heteroatoms. The van der Waals surface area contributed by atoms with Gasteiger partial charge >= 0.3 is 5.97 Å². The molecule has 100 valence electrons. The average Bonchev–Trinajstić information content (AvgIpc) is 2.15. The lowest BCUT2D eigenvalue weighted by Crippen LogP contribution is -2.39. The van der Waals surface area contributed by atoms with Crippen molar-refractivity contribution in [3.05, 3.63) is 0 Å². The van der Waals surface area contributed by atoms with Crippen LogP contribution in [0.2, 0.25) is 0 Å². The Balaban J connectivity index is 3.57. The maximum absolute atomic E-state index is 11.3. The second-order valence-electron chi connectivity index (χ2n) is 4.92. The van der Waals surface area contributed by atoms with Crippen molar-refractivity contribution in [3.63, 3.8) is 0 Å². The predicted molar refractivity (Wildman–Crippen MR) is 63.6 cm³/mol. The molecular formula is C11H22N2O4. The number of nitrogens with one attached hydrogen (secondary N) is 2. The van der Waals surface area contributed by atoms with E-state index in [1.807, 2.05) is 20.8 Å². The zero-order valence-corrected chi connectivity index (χ0v) is 10.6. The molecule has 0 aliphatic rings. The molecule has 0 rings (SSSR count). The van der Waals surface area contributed by atoms with Gasteiger partial charge in [-0.1, -0.05) is 0 Å². The molecule has 17 heavy (non-hydrogen) atoms. The first-order valence-corrected chi connectivity index (χ1v) is 5.65. The molecule has 0 aromatic rings. The number of aliphatic carboxylic acids is 1. The van der Waals surface area contributed by atoms with Crippen LogP contribution in [0.4, 0.5) is 0 Å². The number of carboxylic acids is 1. The van der Waals surface area contributed by atoms with Gasteiger partial charge in [-0.3, -0.25) is 4.79 Å². The van der Waals surface area contributed by atoms with Gasteiger partial charge in [0.15, 0.2) is 6.10 Å². The van der Waals surface area contributed by atoms with Crippen LogP contribution in [0.3, 0.4) is 0 Å². The highest BCUT2D eigenvalue weighted by Crippen LogP contribution is 1.97. The normalized spacial score (nSPS) is 13.2. The highest BCUT2D eigenvalue weighted by atomic mass is 16.4. The van der Waals surface area contributed by atoms with E-state index in [0.717, 1.165) is 0 Å². The van der Waals surface area contributed by atoms with Crippen molar-refractivity contribution < 1.29 is 19.8 Å². The molecule has 1 atom stereocenters. The van der Waals surface area contributed by atoms with E-state index in [0.29, 0.717) is 13.0 Å². The van der Waals surface area contributed by atoms with Crippen LogP contribution in [0.15, 0.2) is 0 Å². The number of hydrogen-bond donors (Lipinski definition) is 4. The molecule has 0 aliphatic carbocycles. The molecule has 1 unspecified atom stereocenters. The van der Waals surface area contributed by atoms with Crippen molar-refractivity contribution in [1.29, 1.82) is 0 Å². The minimum Gasteiger partial charge on any atom is -0.479 e. The number of carbonyl (C=O) groups is 2. The largest absolute Gasteiger partial charge is 0.479 e. The second kappa shape index (κ2) is 7.24. The molecule has 0 radical (unpaired) electrons. The fourth-order valence-corrected chi connectivity index (χ4v) is 1.11. The monoisotopic (exact) mass is 246 g/mol. The Morgan fingerprint density at radius 2 is 1.82 bits per heavy atom. The number of carboxylic acid groups (broad SMARTS) is 1. The highest BCUT2D eigenvalue weighted by Gasteiger charge is 2.13. The number of aliphatic hydroxyl groups excluding tert-OH is 1. The van der Waals surface area contributed by atoms with E-state index in [-0.39, 0.29) is 24.4 Å². The molecule has 1 amide bonds. The summed E-state index contributed by atoms with van der Waals surface area (Å²) in [5.74, 6) is -1.42. The Kier molecular flexibility index (Phi) is 6.75. The van der Waals surface area contributed by atoms with Crippen molar-refractivity contribution in [3.8, 4) is 0 Å². The van der Waals surface area contributed by atoms with Crippen molar-refractivity contribution >= 4 is 11.9 Å². The second-order valence-corrected chi connectivity index (χ2v) is 4.92. The van der Waals surface area contributed by atoms with Crippen LogP contribution in [0.5, 0.6) is 0 Å². The number of hydrogen-bond acceptors (Lipinski definition) is 4. The zero-order chi connectivity index (χ0) is 13.5. The van der Waals surface area contributed by atoms with Gasteiger partial charge in [0.05, 0.1) is 0 Å². The summed E-state index contributed by atoms with van der Waals surface area (Å²) in [6.07, 6.45) is -1.06. The van der Waals surface area contributed by atoms with E-state index < -0.39 is 12.1 Å². The molecule has 0 aromatic heterocycles. The van der Waals surface area contributed by atoms with Crippen LogP contribution in [0.25, 0.3) is 0 Å². The van der Waals surface area contributed by atoms with Gasteiger partial charge < -0.3 is 20.8 Å². The SMILES string of the molecule is CC(C)(C)NCCC(=O)NCCC(O)C(=O)O. The molecule has 0 bridgehead atoms. The van der Waals surface area contributed by atoms with Gasteiger partial charge in [-0.15, -0.1) is 0 Å². The predicted octanol–water partition coefficient (Wildman–Crippen LogP) is -0.284. The maximum atomic E-state index is 11.3. The Morgan fingerprint density at radius 3 is 2.29 bits per heavy atom. The van der Waals surface area contributed by atoms with Gasteiger partial charge in [-0.25, -0.2) is 4.79 Å². The number of amides is 1. The Hall–Kier alpha value is -1.14. The fraction of sp³-hybridized carbons (Fsp3) is 0.818. The minimum absolute atomic E-state index is 0.0216. The molecule has 4 N–H and O–H groups in total. The molecule has 0 saturated carbocycles. The summed E-state index contributed by atoms with van der Waals surface area (Å²) in [4.78, 5) is 21.6. The van der Waals surface area contributed by atoms with Gasteiger partial charge in [-0.2, -0.15) is 0 Å². The smallest absolute Gasteiger partial charge is 0.332 e. The van der Waals surface area contributed by atoms with Crippen LogP contribution in [0.1, 0.15) is 33.6 Å². The minimum atomic E-state index is -1.41. The van der Waals surface area contributed by atoms with Crippen molar-refractivity contribution in [1.82, 2.24) is 10.6 Å². The quantitative estimate of drug-likeness (QED) is 0.495. The average molecular weight is 246 g/mol. The third kappa shape index (κ3) is 9.77. The van der Waals surface area contributed by atoms with Crippen LogP contribution in [-0.4, -0.2) is 46.8 Å². The highest BCUT2D eigenvalue weighted by molar-refractivity contribution is 5.76. The fourth-order valence-electron chi connectivity index (χ4n) is 1.11. The summed E-state index contributed by atoms with van der Waals surface area (Å²) in [5.41, 5.74) is -0.0280. The molecule has 0 fully saturated rings. The summed E-state index contributed by atoms with van der Waals surface area (Å²) in [6.45, 7) is 6.76. The van der Waals surface area contributed by atoms with Gasteiger partial charge in [0, 0.05) is 31.5 Å². The van der Waals surface area contributed by atoms with E-state index in [9.17, 15) is 9.59 Å². The van der Waals surface area contributed by atoms with Gasteiger partial charge in [0.1, 0.15) is 0 Å².